The first-order chi connectivity index (χ1) is 20.8. The number of ether oxygens (including phenoxy) is 2. The maximum absolute atomic E-state index is 14.6. The SMILES string of the molecule is C=CCN(CCN1CCOCC1)C(=O)C1N([C@H](C)CO)C(=O)[C@@H]2[C@H](C(=O)N(CC=C)c3ccccc3)[C@]3(CC)CCC12O3. The fourth-order valence-electron chi connectivity index (χ4n) is 7.81. The lowest BCUT2D eigenvalue weighted by atomic mass is 9.64. The van der Waals surface area contributed by atoms with Crippen LogP contribution in [0.5, 0.6) is 0 Å². The smallest absolute Gasteiger partial charge is 0.248 e. The number of nitrogens with zero attached hydrogens (tertiary/aromatic N) is 4. The lowest BCUT2D eigenvalue weighted by Gasteiger charge is -2.39. The molecule has 10 heteroatoms. The molecule has 10 nitrogen and oxygen atoms in total. The number of benzene rings is 1. The van der Waals surface area contributed by atoms with Gasteiger partial charge in [-0.25, -0.2) is 0 Å². The molecule has 4 saturated heterocycles. The average Bonchev–Trinajstić information content (AvgIpc) is 3.65. The van der Waals surface area contributed by atoms with Crippen molar-refractivity contribution in [2.45, 2.75) is 56.4 Å². The number of fused-ring (bicyclic) bond motifs is 1. The number of aliphatic hydroxyl groups excluding tert-OH is 1. The van der Waals surface area contributed by atoms with Gasteiger partial charge in [0.15, 0.2) is 0 Å². The summed E-state index contributed by atoms with van der Waals surface area (Å²) in [6.45, 7) is 15.8. The highest BCUT2D eigenvalue weighted by Crippen LogP contribution is 2.65. The molecule has 1 aromatic rings. The summed E-state index contributed by atoms with van der Waals surface area (Å²) in [6.07, 6.45) is 4.97. The van der Waals surface area contributed by atoms with E-state index >= 15 is 0 Å². The molecule has 4 fully saturated rings. The maximum Gasteiger partial charge on any atom is 0.248 e. The largest absolute Gasteiger partial charge is 0.394 e. The van der Waals surface area contributed by atoms with E-state index in [4.69, 9.17) is 9.47 Å². The second-order valence-electron chi connectivity index (χ2n) is 12.2. The van der Waals surface area contributed by atoms with Gasteiger partial charge in [0.25, 0.3) is 0 Å². The zero-order chi connectivity index (χ0) is 30.8. The molecule has 0 aromatic heterocycles. The number of aliphatic hydroxyl groups is 1. The van der Waals surface area contributed by atoms with Gasteiger partial charge in [-0.15, -0.1) is 13.2 Å². The fourth-order valence-corrected chi connectivity index (χ4v) is 7.81. The summed E-state index contributed by atoms with van der Waals surface area (Å²) < 4.78 is 12.4. The van der Waals surface area contributed by atoms with Crippen LogP contribution in [0.3, 0.4) is 0 Å². The van der Waals surface area contributed by atoms with E-state index < -0.39 is 35.1 Å². The van der Waals surface area contributed by atoms with Gasteiger partial charge < -0.3 is 29.3 Å². The van der Waals surface area contributed by atoms with Gasteiger partial charge in [-0.2, -0.15) is 0 Å². The number of morpholine rings is 1. The molecule has 1 aromatic carbocycles. The Morgan fingerprint density at radius 2 is 1.81 bits per heavy atom. The van der Waals surface area contributed by atoms with Gasteiger partial charge >= 0.3 is 0 Å². The molecule has 4 aliphatic rings. The minimum absolute atomic E-state index is 0.201. The predicted octanol–water partition coefficient (Wildman–Crippen LogP) is 2.09. The Kier molecular flexibility index (Phi) is 9.41. The van der Waals surface area contributed by atoms with Crippen LogP contribution in [0.1, 0.15) is 33.1 Å². The number of para-hydroxylation sites is 1. The van der Waals surface area contributed by atoms with Gasteiger partial charge in [-0.3, -0.25) is 19.3 Å². The van der Waals surface area contributed by atoms with Crippen molar-refractivity contribution in [1.29, 1.82) is 0 Å². The molecule has 6 atom stereocenters. The topological polar surface area (TPSA) is 103 Å². The summed E-state index contributed by atoms with van der Waals surface area (Å²) in [5, 5.41) is 10.3. The lowest BCUT2D eigenvalue weighted by Crippen LogP contribution is -2.59. The van der Waals surface area contributed by atoms with Gasteiger partial charge in [0.2, 0.25) is 17.7 Å². The Morgan fingerprint density at radius 3 is 2.44 bits per heavy atom. The molecule has 2 unspecified atom stereocenters. The summed E-state index contributed by atoms with van der Waals surface area (Å²) in [5.74, 6) is -2.33. The number of hydrogen-bond acceptors (Lipinski definition) is 7. The third-order valence-electron chi connectivity index (χ3n) is 9.95. The molecule has 234 valence electrons. The Hall–Kier alpha value is -3.05. The summed E-state index contributed by atoms with van der Waals surface area (Å²) in [4.78, 5) is 50.9. The van der Waals surface area contributed by atoms with Crippen LogP contribution in [0.15, 0.2) is 55.6 Å². The normalized spacial score (nSPS) is 30.6. The predicted molar refractivity (Wildman–Crippen MR) is 163 cm³/mol. The number of amides is 3. The standard InChI is InChI=1S/C33H46N4O6/c1-5-15-35(18-17-34-19-21-42-22-20-34)31(41)28-33-14-13-32(7-3,43-33)26(27(33)30(40)37(28)24(4)23-38)29(39)36(16-6-2)25-11-9-8-10-12-25/h5-6,8-12,24,26-28,38H,1-2,7,13-23H2,3-4H3/t24-,26-,27+,28?,32+,33?/m1/s1. The van der Waals surface area contributed by atoms with Gasteiger partial charge in [0, 0.05) is 45.0 Å². The van der Waals surface area contributed by atoms with Crippen molar-refractivity contribution in [2.75, 3.05) is 64.0 Å². The van der Waals surface area contributed by atoms with Crippen molar-refractivity contribution in [1.82, 2.24) is 14.7 Å². The van der Waals surface area contributed by atoms with Crippen LogP contribution >= 0.6 is 0 Å². The van der Waals surface area contributed by atoms with Crippen LogP contribution in [-0.2, 0) is 23.9 Å². The Bertz CT molecular complexity index is 1210. The number of rotatable bonds is 13. The van der Waals surface area contributed by atoms with Gasteiger partial charge in [-0.05, 0) is 38.3 Å². The Balaban J connectivity index is 1.53. The Labute approximate surface area is 254 Å². The molecule has 5 rings (SSSR count). The number of likely N-dealkylation sites (tertiary alicyclic amines) is 1. The molecule has 0 radical (unpaired) electrons. The maximum atomic E-state index is 14.6. The van der Waals surface area contributed by atoms with Crippen LogP contribution in [-0.4, -0.2) is 120 Å². The molecule has 0 saturated carbocycles. The Morgan fingerprint density at radius 1 is 1.12 bits per heavy atom. The number of hydrogen-bond donors (Lipinski definition) is 1. The first kappa shape index (κ1) is 31.4. The van der Waals surface area contributed by atoms with Crippen molar-refractivity contribution in [3.8, 4) is 0 Å². The molecule has 0 aliphatic carbocycles. The zero-order valence-electron chi connectivity index (χ0n) is 25.5. The van der Waals surface area contributed by atoms with E-state index in [0.717, 1.165) is 18.8 Å². The first-order valence-electron chi connectivity index (χ1n) is 15.6. The average molecular weight is 595 g/mol. The zero-order valence-corrected chi connectivity index (χ0v) is 25.5. The molecule has 1 N–H and O–H groups in total. The van der Waals surface area contributed by atoms with Gasteiger partial charge in [0.05, 0.1) is 43.3 Å². The monoisotopic (exact) mass is 594 g/mol. The van der Waals surface area contributed by atoms with Crippen LogP contribution in [0.4, 0.5) is 5.69 Å². The highest BCUT2D eigenvalue weighted by atomic mass is 16.5. The highest BCUT2D eigenvalue weighted by Gasteiger charge is 2.79. The molecular formula is C33H46N4O6. The molecule has 3 amide bonds. The van der Waals surface area contributed by atoms with Crippen molar-refractivity contribution in [3.63, 3.8) is 0 Å². The summed E-state index contributed by atoms with van der Waals surface area (Å²) >= 11 is 0. The first-order valence-corrected chi connectivity index (χ1v) is 15.6. The summed E-state index contributed by atoms with van der Waals surface area (Å²) in [6, 6.07) is 7.80. The lowest BCUT2D eigenvalue weighted by molar-refractivity contribution is -0.155. The van der Waals surface area contributed by atoms with Crippen LogP contribution in [0.25, 0.3) is 0 Å². The number of anilines is 1. The molecule has 43 heavy (non-hydrogen) atoms. The van der Waals surface area contributed by atoms with E-state index in [9.17, 15) is 19.5 Å². The number of carbonyl (C=O) groups is 3. The highest BCUT2D eigenvalue weighted by molar-refractivity contribution is 6.03. The van der Waals surface area contributed by atoms with E-state index in [1.807, 2.05) is 37.3 Å². The van der Waals surface area contributed by atoms with Crippen molar-refractivity contribution in [3.05, 3.63) is 55.6 Å². The van der Waals surface area contributed by atoms with Crippen molar-refractivity contribution >= 4 is 23.4 Å². The second kappa shape index (κ2) is 12.9. The second-order valence-corrected chi connectivity index (χ2v) is 12.2. The van der Waals surface area contributed by atoms with E-state index in [1.165, 1.54) is 4.90 Å². The van der Waals surface area contributed by atoms with Crippen LogP contribution < -0.4 is 4.90 Å². The van der Waals surface area contributed by atoms with E-state index in [2.05, 4.69) is 18.1 Å². The fraction of sp³-hybridized carbons (Fsp3) is 0.606. The van der Waals surface area contributed by atoms with Crippen molar-refractivity contribution < 1.29 is 29.0 Å². The molecule has 4 heterocycles. The third kappa shape index (κ3) is 5.32. The van der Waals surface area contributed by atoms with Crippen LogP contribution in [0.2, 0.25) is 0 Å². The van der Waals surface area contributed by atoms with Gasteiger partial charge in [-0.1, -0.05) is 37.3 Å². The molecule has 1 spiro atoms. The molecular weight excluding hydrogens is 548 g/mol. The molecule has 4 aliphatic heterocycles. The van der Waals surface area contributed by atoms with Crippen LogP contribution in [0, 0.1) is 11.8 Å². The van der Waals surface area contributed by atoms with Crippen molar-refractivity contribution in [2.24, 2.45) is 11.8 Å². The molecule has 2 bridgehead atoms. The van der Waals surface area contributed by atoms with E-state index in [0.29, 0.717) is 52.1 Å². The van der Waals surface area contributed by atoms with E-state index in [1.54, 1.807) is 28.9 Å². The number of carbonyl (C=O) groups excluding carboxylic acids is 3. The minimum atomic E-state index is -1.16. The third-order valence-corrected chi connectivity index (χ3v) is 9.95. The van der Waals surface area contributed by atoms with Gasteiger partial charge in [0.1, 0.15) is 11.6 Å². The quantitative estimate of drug-likeness (QED) is 0.349. The van der Waals surface area contributed by atoms with E-state index in [-0.39, 0.29) is 30.9 Å². The summed E-state index contributed by atoms with van der Waals surface area (Å²) in [7, 11) is 0. The minimum Gasteiger partial charge on any atom is -0.394 e. The summed E-state index contributed by atoms with van der Waals surface area (Å²) in [5.41, 5.74) is -1.31.